The minimum absolute atomic E-state index is 0.0760. The summed E-state index contributed by atoms with van der Waals surface area (Å²) in [6.07, 6.45) is 2.73. The molecule has 0 fully saturated rings. The summed E-state index contributed by atoms with van der Waals surface area (Å²) in [7, 11) is 0. The SMILES string of the molecule is CCc1nc(C)c(-c2nc3c([nH]2)CCCNC3=O)s1. The maximum atomic E-state index is 11.9. The van der Waals surface area contributed by atoms with Crippen LogP contribution in [0.1, 0.15) is 40.2 Å². The van der Waals surface area contributed by atoms with Crippen molar-refractivity contribution in [1.82, 2.24) is 20.3 Å². The van der Waals surface area contributed by atoms with Gasteiger partial charge < -0.3 is 10.3 Å². The fourth-order valence-electron chi connectivity index (χ4n) is 2.26. The van der Waals surface area contributed by atoms with Gasteiger partial charge in [0.05, 0.1) is 15.6 Å². The summed E-state index contributed by atoms with van der Waals surface area (Å²) < 4.78 is 0. The van der Waals surface area contributed by atoms with Crippen molar-refractivity contribution in [3.63, 3.8) is 0 Å². The first-order chi connectivity index (χ1) is 9.19. The monoisotopic (exact) mass is 276 g/mol. The number of thiazole rings is 1. The molecule has 2 N–H and O–H groups in total. The number of imidazole rings is 1. The molecule has 0 spiro atoms. The summed E-state index contributed by atoms with van der Waals surface area (Å²) in [5.74, 6) is 0.699. The zero-order valence-electron chi connectivity index (χ0n) is 11.0. The van der Waals surface area contributed by atoms with Crippen LogP contribution >= 0.6 is 11.3 Å². The highest BCUT2D eigenvalue weighted by molar-refractivity contribution is 7.15. The molecule has 19 heavy (non-hydrogen) atoms. The molecular weight excluding hydrogens is 260 g/mol. The van der Waals surface area contributed by atoms with Crippen molar-refractivity contribution < 1.29 is 4.79 Å². The van der Waals surface area contributed by atoms with Crippen LogP contribution in [0.15, 0.2) is 0 Å². The number of nitrogens with one attached hydrogen (secondary N) is 2. The predicted octanol–water partition coefficient (Wildman–Crippen LogP) is 2.08. The second kappa shape index (κ2) is 4.77. The molecule has 1 aliphatic rings. The molecule has 0 saturated carbocycles. The lowest BCUT2D eigenvalue weighted by Crippen LogP contribution is -2.23. The third kappa shape index (κ3) is 2.16. The van der Waals surface area contributed by atoms with E-state index >= 15 is 0 Å². The van der Waals surface area contributed by atoms with E-state index in [0.717, 1.165) is 52.9 Å². The lowest BCUT2D eigenvalue weighted by atomic mass is 10.2. The van der Waals surface area contributed by atoms with E-state index in [1.807, 2.05) is 6.92 Å². The van der Waals surface area contributed by atoms with Gasteiger partial charge in [-0.05, 0) is 26.2 Å². The van der Waals surface area contributed by atoms with Crippen molar-refractivity contribution in [1.29, 1.82) is 0 Å². The molecule has 0 atom stereocenters. The number of hydrogen-bond donors (Lipinski definition) is 2. The number of aromatic nitrogens is 3. The third-order valence-electron chi connectivity index (χ3n) is 3.24. The lowest BCUT2D eigenvalue weighted by Gasteiger charge is -1.96. The Morgan fingerprint density at radius 2 is 2.21 bits per heavy atom. The van der Waals surface area contributed by atoms with Gasteiger partial charge in [-0.2, -0.15) is 0 Å². The number of carbonyl (C=O) groups excluding carboxylic acids is 1. The molecule has 2 aromatic heterocycles. The predicted molar refractivity (Wildman–Crippen MR) is 74.5 cm³/mol. The average molecular weight is 276 g/mol. The molecule has 0 radical (unpaired) electrons. The highest BCUT2D eigenvalue weighted by Crippen LogP contribution is 2.29. The van der Waals surface area contributed by atoms with Crippen LogP contribution in [0.25, 0.3) is 10.7 Å². The van der Waals surface area contributed by atoms with Gasteiger partial charge in [0.25, 0.3) is 5.91 Å². The molecule has 0 bridgehead atoms. The highest BCUT2D eigenvalue weighted by atomic mass is 32.1. The number of carbonyl (C=O) groups is 1. The molecule has 0 aromatic carbocycles. The van der Waals surface area contributed by atoms with Crippen molar-refractivity contribution in [3.8, 4) is 10.7 Å². The van der Waals surface area contributed by atoms with E-state index in [4.69, 9.17) is 0 Å². The van der Waals surface area contributed by atoms with Crippen molar-refractivity contribution in [3.05, 3.63) is 22.1 Å². The van der Waals surface area contributed by atoms with Crippen LogP contribution in [0.2, 0.25) is 0 Å². The summed E-state index contributed by atoms with van der Waals surface area (Å²) in [4.78, 5) is 25.2. The zero-order chi connectivity index (χ0) is 13.4. The van der Waals surface area contributed by atoms with Gasteiger partial charge >= 0.3 is 0 Å². The highest BCUT2D eigenvalue weighted by Gasteiger charge is 2.22. The molecule has 1 amide bonds. The fourth-order valence-corrected chi connectivity index (χ4v) is 3.21. The van der Waals surface area contributed by atoms with Gasteiger partial charge in [-0.25, -0.2) is 9.97 Å². The van der Waals surface area contributed by atoms with Crippen LogP contribution in [0.4, 0.5) is 0 Å². The number of aromatic amines is 1. The molecule has 3 rings (SSSR count). The first-order valence-electron chi connectivity index (χ1n) is 6.52. The van der Waals surface area contributed by atoms with Crippen LogP contribution in [-0.4, -0.2) is 27.4 Å². The van der Waals surface area contributed by atoms with E-state index in [0.29, 0.717) is 5.69 Å². The van der Waals surface area contributed by atoms with E-state index < -0.39 is 0 Å². The van der Waals surface area contributed by atoms with Crippen LogP contribution in [-0.2, 0) is 12.8 Å². The molecule has 6 heteroatoms. The van der Waals surface area contributed by atoms with Gasteiger partial charge in [0.2, 0.25) is 0 Å². The molecule has 2 aromatic rings. The maximum absolute atomic E-state index is 11.9. The van der Waals surface area contributed by atoms with Gasteiger partial charge in [0.1, 0.15) is 5.69 Å². The smallest absolute Gasteiger partial charge is 0.271 e. The van der Waals surface area contributed by atoms with Crippen molar-refractivity contribution in [2.24, 2.45) is 0 Å². The Hall–Kier alpha value is -1.69. The second-order valence-corrected chi connectivity index (χ2v) is 5.73. The second-order valence-electron chi connectivity index (χ2n) is 4.65. The Kier molecular flexibility index (Phi) is 3.10. The Morgan fingerprint density at radius 3 is 2.95 bits per heavy atom. The van der Waals surface area contributed by atoms with Crippen LogP contribution in [0.5, 0.6) is 0 Å². The summed E-state index contributed by atoms with van der Waals surface area (Å²) in [5, 5.41) is 3.96. The Labute approximate surface area is 115 Å². The Bertz CT molecular complexity index is 629. The largest absolute Gasteiger partial charge is 0.351 e. The van der Waals surface area contributed by atoms with Gasteiger partial charge in [-0.3, -0.25) is 4.79 Å². The summed E-state index contributed by atoms with van der Waals surface area (Å²) in [6.45, 7) is 4.80. The first kappa shape index (κ1) is 12.3. The molecule has 0 saturated heterocycles. The normalized spacial score (nSPS) is 14.9. The Morgan fingerprint density at radius 1 is 1.37 bits per heavy atom. The molecular formula is C13H16N4OS. The van der Waals surface area contributed by atoms with Crippen LogP contribution in [0.3, 0.4) is 0 Å². The van der Waals surface area contributed by atoms with Crippen LogP contribution < -0.4 is 5.32 Å². The number of hydrogen-bond acceptors (Lipinski definition) is 4. The van der Waals surface area contributed by atoms with Gasteiger partial charge in [-0.15, -0.1) is 11.3 Å². The number of H-pyrrole nitrogens is 1. The molecule has 0 unspecified atom stereocenters. The minimum atomic E-state index is -0.0760. The number of fused-ring (bicyclic) bond motifs is 1. The van der Waals surface area contributed by atoms with Gasteiger partial charge in [0, 0.05) is 12.2 Å². The summed E-state index contributed by atoms with van der Waals surface area (Å²) >= 11 is 1.65. The average Bonchev–Trinajstić information content (AvgIpc) is 2.93. The van der Waals surface area contributed by atoms with Crippen molar-refractivity contribution in [2.75, 3.05) is 6.54 Å². The van der Waals surface area contributed by atoms with E-state index in [1.54, 1.807) is 11.3 Å². The van der Waals surface area contributed by atoms with Gasteiger partial charge in [-0.1, -0.05) is 6.92 Å². The molecule has 0 aliphatic carbocycles. The first-order valence-corrected chi connectivity index (χ1v) is 7.34. The van der Waals surface area contributed by atoms with E-state index in [9.17, 15) is 4.79 Å². The topological polar surface area (TPSA) is 70.7 Å². The molecule has 3 heterocycles. The van der Waals surface area contributed by atoms with E-state index in [1.165, 1.54) is 0 Å². The number of aryl methyl sites for hydroxylation is 3. The standard InChI is InChI=1S/C13H16N4OS/c1-3-9-15-7(2)11(19-9)12-16-8-5-4-6-14-13(18)10(8)17-12/h3-6H2,1-2H3,(H,14,18)(H,16,17). The van der Waals surface area contributed by atoms with Crippen molar-refractivity contribution >= 4 is 17.2 Å². The van der Waals surface area contributed by atoms with E-state index in [-0.39, 0.29) is 5.91 Å². The van der Waals surface area contributed by atoms with Crippen molar-refractivity contribution in [2.45, 2.75) is 33.1 Å². The number of nitrogens with zero attached hydrogens (tertiary/aromatic N) is 2. The van der Waals surface area contributed by atoms with E-state index in [2.05, 4.69) is 27.2 Å². The molecule has 100 valence electrons. The number of amides is 1. The third-order valence-corrected chi connectivity index (χ3v) is 4.55. The zero-order valence-corrected chi connectivity index (χ0v) is 11.9. The fraction of sp³-hybridized carbons (Fsp3) is 0.462. The lowest BCUT2D eigenvalue weighted by molar-refractivity contribution is 0.0951. The van der Waals surface area contributed by atoms with Gasteiger partial charge in [0.15, 0.2) is 5.82 Å². The summed E-state index contributed by atoms with van der Waals surface area (Å²) in [6, 6.07) is 0. The minimum Gasteiger partial charge on any atom is -0.351 e. The number of rotatable bonds is 2. The quantitative estimate of drug-likeness (QED) is 0.882. The maximum Gasteiger partial charge on any atom is 0.271 e. The molecule has 1 aliphatic heterocycles. The summed E-state index contributed by atoms with van der Waals surface area (Å²) in [5.41, 5.74) is 2.46. The molecule has 5 nitrogen and oxygen atoms in total. The Balaban J connectivity index is 2.04. The van der Waals surface area contributed by atoms with Crippen LogP contribution in [0, 0.1) is 6.92 Å².